The molecule has 2 rings (SSSR count). The summed E-state index contributed by atoms with van der Waals surface area (Å²) in [4.78, 5) is 10.7. The van der Waals surface area contributed by atoms with Gasteiger partial charge in [-0.1, -0.05) is 12.1 Å². The Bertz CT molecular complexity index is 666. The normalized spacial score (nSPS) is 10.5. The van der Waals surface area contributed by atoms with Crippen LogP contribution in [0.1, 0.15) is 15.9 Å². The first-order valence-corrected chi connectivity index (χ1v) is 5.43. The van der Waals surface area contributed by atoms with E-state index in [0.717, 1.165) is 6.07 Å². The molecule has 0 atom stereocenters. The van der Waals surface area contributed by atoms with Crippen molar-refractivity contribution in [3.63, 3.8) is 0 Å². The van der Waals surface area contributed by atoms with Gasteiger partial charge in [0, 0.05) is 11.1 Å². The smallest absolute Gasteiger partial charge is 0.335 e. The number of hydrogen-bond donors (Lipinski definition) is 2. The first kappa shape index (κ1) is 13.0. The Morgan fingerprint density at radius 3 is 2.26 bits per heavy atom. The van der Waals surface area contributed by atoms with Crippen molar-refractivity contribution in [1.29, 1.82) is 0 Å². The van der Waals surface area contributed by atoms with Crippen molar-refractivity contribution in [2.75, 3.05) is 0 Å². The van der Waals surface area contributed by atoms with Crippen molar-refractivity contribution in [3.8, 4) is 16.9 Å². The minimum atomic E-state index is -1.21. The van der Waals surface area contributed by atoms with Crippen LogP contribution >= 0.6 is 0 Å². The van der Waals surface area contributed by atoms with Crippen molar-refractivity contribution in [3.05, 3.63) is 53.1 Å². The molecule has 2 N–H and O–H groups in total. The fourth-order valence-electron chi connectivity index (χ4n) is 1.75. The van der Waals surface area contributed by atoms with Gasteiger partial charge in [-0.25, -0.2) is 13.6 Å². The topological polar surface area (TPSA) is 57.5 Å². The van der Waals surface area contributed by atoms with Crippen LogP contribution in [-0.2, 0) is 0 Å². The molecule has 98 valence electrons. The van der Waals surface area contributed by atoms with Gasteiger partial charge in [0.25, 0.3) is 0 Å². The highest BCUT2D eigenvalue weighted by Crippen LogP contribution is 2.33. The minimum Gasteiger partial charge on any atom is -0.507 e. The molecule has 2 aromatic carbocycles. The number of aryl methyl sites for hydroxylation is 1. The Balaban J connectivity index is 2.60. The van der Waals surface area contributed by atoms with E-state index in [2.05, 4.69) is 0 Å². The molecular formula is C14H10F2O3. The fourth-order valence-corrected chi connectivity index (χ4v) is 1.75. The van der Waals surface area contributed by atoms with Crippen LogP contribution < -0.4 is 0 Å². The van der Waals surface area contributed by atoms with Gasteiger partial charge in [-0.05, 0) is 30.7 Å². The molecule has 2 aromatic rings. The quantitative estimate of drug-likeness (QED) is 0.874. The number of carbonyl (C=O) groups is 1. The van der Waals surface area contributed by atoms with Crippen LogP contribution in [0.4, 0.5) is 8.78 Å². The number of hydrogen-bond acceptors (Lipinski definition) is 2. The monoisotopic (exact) mass is 264 g/mol. The summed E-state index contributed by atoms with van der Waals surface area (Å²) in [6, 6.07) is 6.18. The van der Waals surface area contributed by atoms with Gasteiger partial charge in [-0.3, -0.25) is 0 Å². The molecular weight excluding hydrogens is 254 g/mol. The molecule has 5 heteroatoms. The highest BCUT2D eigenvalue weighted by atomic mass is 19.2. The van der Waals surface area contributed by atoms with Gasteiger partial charge in [0.05, 0.1) is 5.56 Å². The Morgan fingerprint density at radius 1 is 1.05 bits per heavy atom. The molecule has 0 aliphatic heterocycles. The number of aromatic hydroxyl groups is 1. The van der Waals surface area contributed by atoms with Crippen LogP contribution in [0.5, 0.6) is 5.75 Å². The summed E-state index contributed by atoms with van der Waals surface area (Å²) in [5.41, 5.74) is -0.0453. The van der Waals surface area contributed by atoms with E-state index in [0.29, 0.717) is 0 Å². The molecule has 0 unspecified atom stereocenters. The number of carboxylic acids is 1. The van der Waals surface area contributed by atoms with Gasteiger partial charge in [-0.15, -0.1) is 0 Å². The summed E-state index contributed by atoms with van der Waals surface area (Å²) in [6.45, 7) is 1.43. The van der Waals surface area contributed by atoms with E-state index in [9.17, 15) is 18.7 Å². The maximum Gasteiger partial charge on any atom is 0.335 e. The van der Waals surface area contributed by atoms with E-state index in [1.54, 1.807) is 0 Å². The van der Waals surface area contributed by atoms with Crippen molar-refractivity contribution in [2.24, 2.45) is 0 Å². The second-order valence-electron chi connectivity index (χ2n) is 4.10. The first-order chi connectivity index (χ1) is 8.91. The molecule has 0 radical (unpaired) electrons. The predicted molar refractivity (Wildman–Crippen MR) is 65.2 cm³/mol. The Labute approximate surface area is 107 Å². The third-order valence-corrected chi connectivity index (χ3v) is 2.81. The Hall–Kier alpha value is -2.43. The van der Waals surface area contributed by atoms with Crippen LogP contribution in [0.15, 0.2) is 30.3 Å². The molecule has 0 heterocycles. The van der Waals surface area contributed by atoms with E-state index in [4.69, 9.17) is 5.11 Å². The Kier molecular flexibility index (Phi) is 3.21. The lowest BCUT2D eigenvalue weighted by Crippen LogP contribution is -1.97. The predicted octanol–water partition coefficient (Wildman–Crippen LogP) is 3.34. The summed E-state index contributed by atoms with van der Waals surface area (Å²) < 4.78 is 27.3. The van der Waals surface area contributed by atoms with Gasteiger partial charge >= 0.3 is 5.97 Å². The molecule has 0 fully saturated rings. The van der Waals surface area contributed by atoms with Gasteiger partial charge in [0.1, 0.15) is 5.75 Å². The zero-order valence-electron chi connectivity index (χ0n) is 9.95. The molecule has 0 aliphatic rings. The molecule has 0 saturated heterocycles. The summed E-state index contributed by atoms with van der Waals surface area (Å²) in [7, 11) is 0. The molecule has 19 heavy (non-hydrogen) atoms. The SMILES string of the molecule is Cc1ccc(-c2ccc(C(=O)O)cc2O)c(F)c1F. The molecule has 3 nitrogen and oxygen atoms in total. The summed E-state index contributed by atoms with van der Waals surface area (Å²) in [5, 5.41) is 18.5. The lowest BCUT2D eigenvalue weighted by Gasteiger charge is -2.09. The zero-order chi connectivity index (χ0) is 14.2. The standard InChI is InChI=1S/C14H10F2O3/c1-7-2-4-10(13(16)12(7)15)9-5-3-8(14(18)19)6-11(9)17/h2-6,17H,1H3,(H,18,19). The van der Waals surface area contributed by atoms with E-state index in [1.165, 1.54) is 31.2 Å². The molecule has 0 bridgehead atoms. The van der Waals surface area contributed by atoms with Crippen molar-refractivity contribution in [2.45, 2.75) is 6.92 Å². The number of phenols is 1. The number of rotatable bonds is 2. The number of benzene rings is 2. The van der Waals surface area contributed by atoms with E-state index in [1.807, 2.05) is 0 Å². The molecule has 0 aliphatic carbocycles. The second-order valence-corrected chi connectivity index (χ2v) is 4.10. The van der Waals surface area contributed by atoms with Gasteiger partial charge in [-0.2, -0.15) is 0 Å². The van der Waals surface area contributed by atoms with Crippen LogP contribution in [0.25, 0.3) is 11.1 Å². The molecule has 0 saturated carbocycles. The molecule has 0 amide bonds. The molecule has 0 aromatic heterocycles. The number of halogens is 2. The van der Waals surface area contributed by atoms with Crippen LogP contribution in [0, 0.1) is 18.6 Å². The molecule has 0 spiro atoms. The average Bonchev–Trinajstić information content (AvgIpc) is 2.37. The minimum absolute atomic E-state index is 0.0430. The highest BCUT2D eigenvalue weighted by Gasteiger charge is 2.16. The van der Waals surface area contributed by atoms with Crippen molar-refractivity contribution >= 4 is 5.97 Å². The third kappa shape index (κ3) is 2.27. The van der Waals surface area contributed by atoms with Crippen LogP contribution in [0.2, 0.25) is 0 Å². The van der Waals surface area contributed by atoms with E-state index in [-0.39, 0.29) is 22.3 Å². The van der Waals surface area contributed by atoms with E-state index >= 15 is 0 Å². The summed E-state index contributed by atoms with van der Waals surface area (Å²) in [5.74, 6) is -3.68. The van der Waals surface area contributed by atoms with Gasteiger partial charge in [0.15, 0.2) is 11.6 Å². The van der Waals surface area contributed by atoms with Crippen LogP contribution in [-0.4, -0.2) is 16.2 Å². The third-order valence-electron chi connectivity index (χ3n) is 2.81. The first-order valence-electron chi connectivity index (χ1n) is 5.43. The number of phenolic OH excluding ortho intramolecular Hbond substituents is 1. The lowest BCUT2D eigenvalue weighted by molar-refractivity contribution is 0.0696. The van der Waals surface area contributed by atoms with Crippen molar-refractivity contribution in [1.82, 2.24) is 0 Å². The van der Waals surface area contributed by atoms with Gasteiger partial charge in [0.2, 0.25) is 0 Å². The second kappa shape index (κ2) is 4.68. The maximum atomic E-state index is 13.8. The lowest BCUT2D eigenvalue weighted by atomic mass is 10.0. The van der Waals surface area contributed by atoms with Gasteiger partial charge < -0.3 is 10.2 Å². The average molecular weight is 264 g/mol. The Morgan fingerprint density at radius 2 is 1.68 bits per heavy atom. The van der Waals surface area contributed by atoms with Crippen molar-refractivity contribution < 1.29 is 23.8 Å². The van der Waals surface area contributed by atoms with Crippen LogP contribution in [0.3, 0.4) is 0 Å². The largest absolute Gasteiger partial charge is 0.507 e. The summed E-state index contributed by atoms with van der Waals surface area (Å²) in [6.07, 6.45) is 0. The summed E-state index contributed by atoms with van der Waals surface area (Å²) >= 11 is 0. The number of carboxylic acid groups (broad SMARTS) is 1. The highest BCUT2D eigenvalue weighted by molar-refractivity contribution is 5.89. The van der Waals surface area contributed by atoms with E-state index < -0.39 is 23.4 Å². The maximum absolute atomic E-state index is 13.8. The fraction of sp³-hybridized carbons (Fsp3) is 0.0714. The number of aromatic carboxylic acids is 1. The zero-order valence-corrected chi connectivity index (χ0v) is 9.95.